The summed E-state index contributed by atoms with van der Waals surface area (Å²) < 4.78 is 5.82. The lowest BCUT2D eigenvalue weighted by molar-refractivity contribution is 0.0283. The molecule has 3 rings (SSSR count). The summed E-state index contributed by atoms with van der Waals surface area (Å²) in [5.74, 6) is 0.870. The normalized spacial score (nSPS) is 21.0. The molecule has 5 nitrogen and oxygen atoms in total. The highest BCUT2D eigenvalue weighted by molar-refractivity contribution is 5.84. The largest absolute Gasteiger partial charge is 0.373 e. The SMILES string of the molecule is CCNC(=NCC1(C)CCCO1)NCCc1c[nH]c2cc(C)ccc12. The summed E-state index contributed by atoms with van der Waals surface area (Å²) in [6.45, 7) is 9.63. The van der Waals surface area contributed by atoms with Gasteiger partial charge in [0, 0.05) is 36.8 Å². The van der Waals surface area contributed by atoms with Gasteiger partial charge in [0.05, 0.1) is 12.1 Å². The van der Waals surface area contributed by atoms with Crippen LogP contribution >= 0.6 is 0 Å². The second-order valence-electron chi connectivity index (χ2n) is 7.14. The lowest BCUT2D eigenvalue weighted by Crippen LogP contribution is -2.40. The number of H-pyrrole nitrogens is 1. The zero-order valence-corrected chi connectivity index (χ0v) is 15.6. The highest BCUT2D eigenvalue weighted by atomic mass is 16.5. The Kier molecular flexibility index (Phi) is 5.63. The van der Waals surface area contributed by atoms with Crippen LogP contribution in [0.2, 0.25) is 0 Å². The molecule has 1 atom stereocenters. The van der Waals surface area contributed by atoms with Gasteiger partial charge in [-0.1, -0.05) is 12.1 Å². The molecule has 136 valence electrons. The van der Waals surface area contributed by atoms with Crippen LogP contribution in [0, 0.1) is 6.92 Å². The molecule has 0 saturated carbocycles. The first-order valence-electron chi connectivity index (χ1n) is 9.32. The van der Waals surface area contributed by atoms with E-state index in [-0.39, 0.29) is 5.60 Å². The highest BCUT2D eigenvalue weighted by Gasteiger charge is 2.29. The third-order valence-electron chi connectivity index (χ3n) is 4.83. The van der Waals surface area contributed by atoms with Gasteiger partial charge in [-0.2, -0.15) is 0 Å². The molecule has 1 unspecified atom stereocenters. The number of guanidine groups is 1. The summed E-state index contributed by atoms with van der Waals surface area (Å²) >= 11 is 0. The quantitative estimate of drug-likeness (QED) is 0.558. The number of aromatic amines is 1. The number of benzene rings is 1. The topological polar surface area (TPSA) is 61.4 Å². The minimum absolute atomic E-state index is 0.100. The van der Waals surface area contributed by atoms with Gasteiger partial charge in [0.25, 0.3) is 0 Å². The Labute approximate surface area is 150 Å². The summed E-state index contributed by atoms with van der Waals surface area (Å²) in [7, 11) is 0. The number of hydrogen-bond acceptors (Lipinski definition) is 2. The van der Waals surface area contributed by atoms with Gasteiger partial charge in [0.15, 0.2) is 5.96 Å². The van der Waals surface area contributed by atoms with Gasteiger partial charge < -0.3 is 20.4 Å². The van der Waals surface area contributed by atoms with Gasteiger partial charge in [0.2, 0.25) is 0 Å². The van der Waals surface area contributed by atoms with Crippen LogP contribution in [-0.2, 0) is 11.2 Å². The van der Waals surface area contributed by atoms with E-state index in [0.29, 0.717) is 6.54 Å². The molecule has 0 amide bonds. The maximum absolute atomic E-state index is 5.82. The number of aliphatic imine (C=N–C) groups is 1. The van der Waals surface area contributed by atoms with Crippen LogP contribution < -0.4 is 10.6 Å². The lowest BCUT2D eigenvalue weighted by Gasteiger charge is -2.21. The number of ether oxygens (including phenoxy) is 1. The maximum Gasteiger partial charge on any atom is 0.191 e. The van der Waals surface area contributed by atoms with Crippen molar-refractivity contribution in [1.82, 2.24) is 15.6 Å². The molecular weight excluding hydrogens is 312 g/mol. The number of fused-ring (bicyclic) bond motifs is 1. The van der Waals surface area contributed by atoms with Crippen molar-refractivity contribution in [3.05, 3.63) is 35.5 Å². The molecule has 0 radical (unpaired) electrons. The fraction of sp³-hybridized carbons (Fsp3) is 0.550. The molecule has 1 fully saturated rings. The van der Waals surface area contributed by atoms with Gasteiger partial charge in [-0.25, -0.2) is 0 Å². The predicted octanol–water partition coefficient (Wildman–Crippen LogP) is 3.14. The van der Waals surface area contributed by atoms with Crippen molar-refractivity contribution < 1.29 is 4.74 Å². The number of aromatic nitrogens is 1. The van der Waals surface area contributed by atoms with Crippen LogP contribution in [0.3, 0.4) is 0 Å². The zero-order valence-electron chi connectivity index (χ0n) is 15.6. The summed E-state index contributed by atoms with van der Waals surface area (Å²) in [6, 6.07) is 6.56. The van der Waals surface area contributed by atoms with E-state index in [4.69, 9.17) is 9.73 Å². The van der Waals surface area contributed by atoms with Crippen molar-refractivity contribution >= 4 is 16.9 Å². The molecule has 0 spiro atoms. The van der Waals surface area contributed by atoms with Crippen molar-refractivity contribution in [2.45, 2.75) is 45.6 Å². The Hall–Kier alpha value is -2.01. The van der Waals surface area contributed by atoms with Crippen LogP contribution in [0.5, 0.6) is 0 Å². The standard InChI is InChI=1S/C20H30N4O/c1-4-21-19(24-14-20(3)9-5-11-25-20)22-10-8-16-13-23-18-12-15(2)6-7-17(16)18/h6-7,12-13,23H,4-5,8-11,14H2,1-3H3,(H2,21,22,24). The first-order chi connectivity index (χ1) is 12.1. The number of aryl methyl sites for hydroxylation is 1. The number of rotatable bonds is 6. The molecule has 0 bridgehead atoms. The Morgan fingerprint density at radius 2 is 2.24 bits per heavy atom. The number of hydrogen-bond donors (Lipinski definition) is 3. The van der Waals surface area contributed by atoms with E-state index < -0.39 is 0 Å². The van der Waals surface area contributed by atoms with Crippen LogP contribution in [-0.4, -0.2) is 42.8 Å². The van der Waals surface area contributed by atoms with Crippen molar-refractivity contribution in [2.75, 3.05) is 26.2 Å². The average Bonchev–Trinajstić information content (AvgIpc) is 3.19. The minimum atomic E-state index is -0.100. The molecule has 1 aromatic heterocycles. The first-order valence-corrected chi connectivity index (χ1v) is 9.32. The molecule has 2 heterocycles. The molecule has 1 aliphatic rings. The molecule has 1 saturated heterocycles. The molecule has 1 aliphatic heterocycles. The van der Waals surface area contributed by atoms with E-state index in [1.165, 1.54) is 22.0 Å². The number of nitrogens with zero attached hydrogens (tertiary/aromatic N) is 1. The minimum Gasteiger partial charge on any atom is -0.373 e. The van der Waals surface area contributed by atoms with Gasteiger partial charge in [-0.15, -0.1) is 0 Å². The van der Waals surface area contributed by atoms with E-state index in [0.717, 1.165) is 44.9 Å². The summed E-state index contributed by atoms with van der Waals surface area (Å²) in [4.78, 5) is 8.09. The fourth-order valence-corrected chi connectivity index (χ4v) is 3.37. The summed E-state index contributed by atoms with van der Waals surface area (Å²) in [5, 5.41) is 8.08. The van der Waals surface area contributed by atoms with Gasteiger partial charge >= 0.3 is 0 Å². The highest BCUT2D eigenvalue weighted by Crippen LogP contribution is 2.25. The van der Waals surface area contributed by atoms with Crippen molar-refractivity contribution in [3.8, 4) is 0 Å². The summed E-state index contributed by atoms with van der Waals surface area (Å²) in [6.07, 6.45) is 5.30. The maximum atomic E-state index is 5.82. The van der Waals surface area contributed by atoms with E-state index >= 15 is 0 Å². The van der Waals surface area contributed by atoms with Gasteiger partial charge in [-0.05, 0) is 57.2 Å². The lowest BCUT2D eigenvalue weighted by atomic mass is 10.0. The number of nitrogens with one attached hydrogen (secondary N) is 3. The van der Waals surface area contributed by atoms with Gasteiger partial charge in [-0.3, -0.25) is 4.99 Å². The molecule has 1 aromatic carbocycles. The van der Waals surface area contributed by atoms with Crippen molar-refractivity contribution in [3.63, 3.8) is 0 Å². The molecule has 2 aromatic rings. The Morgan fingerprint density at radius 1 is 1.36 bits per heavy atom. The second-order valence-corrected chi connectivity index (χ2v) is 7.14. The summed E-state index contributed by atoms with van der Waals surface area (Å²) in [5.41, 5.74) is 3.73. The first kappa shape index (κ1) is 17.8. The molecule has 3 N–H and O–H groups in total. The third-order valence-corrected chi connectivity index (χ3v) is 4.83. The Bertz CT molecular complexity index is 728. The fourth-order valence-electron chi connectivity index (χ4n) is 3.37. The molecule has 0 aliphatic carbocycles. The van der Waals surface area contributed by atoms with Crippen LogP contribution in [0.25, 0.3) is 10.9 Å². The van der Waals surface area contributed by atoms with E-state index in [1.54, 1.807) is 0 Å². The smallest absolute Gasteiger partial charge is 0.191 e. The Balaban J connectivity index is 1.57. The average molecular weight is 342 g/mol. The van der Waals surface area contributed by atoms with E-state index in [2.05, 4.69) is 60.8 Å². The Morgan fingerprint density at radius 3 is 3.00 bits per heavy atom. The predicted molar refractivity (Wildman–Crippen MR) is 104 cm³/mol. The van der Waals surface area contributed by atoms with Crippen LogP contribution in [0.1, 0.15) is 37.8 Å². The zero-order chi connectivity index (χ0) is 17.7. The van der Waals surface area contributed by atoms with Gasteiger partial charge in [0.1, 0.15) is 0 Å². The monoisotopic (exact) mass is 342 g/mol. The molecule has 5 heteroatoms. The van der Waals surface area contributed by atoms with E-state index in [1.807, 2.05) is 0 Å². The van der Waals surface area contributed by atoms with Crippen molar-refractivity contribution in [1.29, 1.82) is 0 Å². The third kappa shape index (κ3) is 4.54. The van der Waals surface area contributed by atoms with Crippen LogP contribution in [0.4, 0.5) is 0 Å². The molecule has 25 heavy (non-hydrogen) atoms. The van der Waals surface area contributed by atoms with Crippen LogP contribution in [0.15, 0.2) is 29.4 Å². The second kappa shape index (κ2) is 7.91. The van der Waals surface area contributed by atoms with E-state index in [9.17, 15) is 0 Å². The molecular formula is C20H30N4O. The van der Waals surface area contributed by atoms with Crippen molar-refractivity contribution in [2.24, 2.45) is 4.99 Å².